The molecule has 0 bridgehead atoms. The van der Waals surface area contributed by atoms with Gasteiger partial charge in [-0.1, -0.05) is 36.4 Å². The molecule has 1 aromatic carbocycles. The maximum atomic E-state index is 4.82. The Hall–Kier alpha value is -2.60. The van der Waals surface area contributed by atoms with Crippen LogP contribution in [0.5, 0.6) is 0 Å². The van der Waals surface area contributed by atoms with Crippen LogP contribution < -0.4 is 10.2 Å². The minimum atomic E-state index is 0.592. The van der Waals surface area contributed by atoms with Crippen molar-refractivity contribution in [2.75, 3.05) is 29.9 Å². The van der Waals surface area contributed by atoms with Crippen LogP contribution in [-0.2, 0) is 5.75 Å². The fraction of sp³-hybridized carbons (Fsp3) is 0.286. The summed E-state index contributed by atoms with van der Waals surface area (Å²) in [4.78, 5) is 15.9. The average Bonchev–Trinajstić information content (AvgIpc) is 3.22. The highest BCUT2D eigenvalue weighted by atomic mass is 32.2. The fourth-order valence-corrected chi connectivity index (χ4v) is 4.02. The molecule has 2 aromatic heterocycles. The third kappa shape index (κ3) is 4.98. The molecule has 1 fully saturated rings. The molecule has 1 unspecified atom stereocenters. The van der Waals surface area contributed by atoms with Gasteiger partial charge in [-0.3, -0.25) is 4.98 Å². The Morgan fingerprint density at radius 2 is 1.96 bits per heavy atom. The summed E-state index contributed by atoms with van der Waals surface area (Å²) in [5.41, 5.74) is 1.30. The summed E-state index contributed by atoms with van der Waals surface area (Å²) in [5, 5.41) is 4.41. The lowest BCUT2D eigenvalue weighted by Gasteiger charge is -2.18. The molecular weight excluding hydrogens is 354 g/mol. The molecule has 0 amide bonds. The molecule has 0 spiro atoms. The van der Waals surface area contributed by atoms with Crippen molar-refractivity contribution in [2.24, 2.45) is 5.92 Å². The van der Waals surface area contributed by atoms with E-state index >= 15 is 0 Å². The lowest BCUT2D eigenvalue weighted by atomic mass is 10.1. The van der Waals surface area contributed by atoms with E-state index in [0.29, 0.717) is 5.92 Å². The van der Waals surface area contributed by atoms with Gasteiger partial charge in [-0.2, -0.15) is 0 Å². The van der Waals surface area contributed by atoms with E-state index < -0.39 is 0 Å². The van der Waals surface area contributed by atoms with E-state index in [1.54, 1.807) is 11.8 Å². The van der Waals surface area contributed by atoms with E-state index in [1.807, 2.05) is 42.9 Å². The topological polar surface area (TPSA) is 53.9 Å². The first-order chi connectivity index (χ1) is 13.4. The van der Waals surface area contributed by atoms with E-state index in [-0.39, 0.29) is 0 Å². The lowest BCUT2D eigenvalue weighted by Crippen LogP contribution is -2.23. The fourth-order valence-electron chi connectivity index (χ4n) is 3.22. The Morgan fingerprint density at radius 1 is 1.07 bits per heavy atom. The summed E-state index contributed by atoms with van der Waals surface area (Å²) < 4.78 is 0. The largest absolute Gasteiger partial charge is 0.370 e. The first-order valence-electron chi connectivity index (χ1n) is 9.25. The lowest BCUT2D eigenvalue weighted by molar-refractivity contribution is 0.620. The predicted molar refractivity (Wildman–Crippen MR) is 111 cm³/mol. The molecule has 3 heterocycles. The van der Waals surface area contributed by atoms with E-state index in [4.69, 9.17) is 4.98 Å². The molecule has 1 aliphatic heterocycles. The Labute approximate surface area is 164 Å². The maximum absolute atomic E-state index is 4.82. The monoisotopic (exact) mass is 377 g/mol. The average molecular weight is 378 g/mol. The molecular formula is C21H23N5S. The third-order valence-corrected chi connectivity index (χ3v) is 5.65. The van der Waals surface area contributed by atoms with Crippen molar-refractivity contribution in [3.63, 3.8) is 0 Å². The second kappa shape index (κ2) is 8.86. The smallest absolute Gasteiger partial charge is 0.148 e. The predicted octanol–water partition coefficient (Wildman–Crippen LogP) is 4.10. The number of pyridine rings is 1. The van der Waals surface area contributed by atoms with Crippen molar-refractivity contribution in [1.82, 2.24) is 15.0 Å². The van der Waals surface area contributed by atoms with Crippen molar-refractivity contribution in [3.8, 4) is 0 Å². The van der Waals surface area contributed by atoms with Crippen LogP contribution in [-0.4, -0.2) is 34.6 Å². The van der Waals surface area contributed by atoms with Gasteiger partial charge in [-0.05, 0) is 30.0 Å². The number of hydrogen-bond donors (Lipinski definition) is 1. The van der Waals surface area contributed by atoms with Gasteiger partial charge in [0.1, 0.15) is 16.7 Å². The normalized spacial score (nSPS) is 16.4. The number of nitrogens with one attached hydrogen (secondary N) is 1. The maximum Gasteiger partial charge on any atom is 0.148 e. The summed E-state index contributed by atoms with van der Waals surface area (Å²) in [6.45, 7) is 2.96. The van der Waals surface area contributed by atoms with E-state index in [1.165, 1.54) is 5.56 Å². The second-order valence-corrected chi connectivity index (χ2v) is 7.68. The van der Waals surface area contributed by atoms with Crippen molar-refractivity contribution in [3.05, 3.63) is 72.7 Å². The number of rotatable bonds is 7. The van der Waals surface area contributed by atoms with Gasteiger partial charge >= 0.3 is 0 Å². The molecule has 27 heavy (non-hydrogen) atoms. The van der Waals surface area contributed by atoms with Crippen LogP contribution in [0.1, 0.15) is 12.0 Å². The SMILES string of the molecule is c1ccc(CSc2cncc(N3CCC(CNc4ccccn4)C3)n2)cc1. The molecule has 6 heteroatoms. The van der Waals surface area contributed by atoms with Crippen LogP contribution in [0.3, 0.4) is 0 Å². The molecule has 0 aliphatic carbocycles. The zero-order valence-corrected chi connectivity index (χ0v) is 16.0. The highest BCUT2D eigenvalue weighted by Crippen LogP contribution is 2.26. The Morgan fingerprint density at radius 3 is 2.81 bits per heavy atom. The Balaban J connectivity index is 1.31. The van der Waals surface area contributed by atoms with Crippen molar-refractivity contribution >= 4 is 23.4 Å². The van der Waals surface area contributed by atoms with Crippen LogP contribution in [0.15, 0.2) is 72.1 Å². The molecule has 1 atom stereocenters. The van der Waals surface area contributed by atoms with Gasteiger partial charge in [0, 0.05) is 31.6 Å². The zero-order valence-electron chi connectivity index (χ0n) is 15.2. The molecule has 138 valence electrons. The van der Waals surface area contributed by atoms with Crippen LogP contribution in [0.2, 0.25) is 0 Å². The summed E-state index contributed by atoms with van der Waals surface area (Å²) in [6.07, 6.45) is 6.70. The van der Waals surface area contributed by atoms with Crippen LogP contribution in [0.25, 0.3) is 0 Å². The highest BCUT2D eigenvalue weighted by molar-refractivity contribution is 7.98. The third-order valence-electron chi connectivity index (χ3n) is 4.68. The van der Waals surface area contributed by atoms with E-state index in [9.17, 15) is 0 Å². The van der Waals surface area contributed by atoms with Gasteiger partial charge < -0.3 is 10.2 Å². The number of aromatic nitrogens is 3. The summed E-state index contributed by atoms with van der Waals surface area (Å²) in [5.74, 6) is 3.42. The molecule has 3 aromatic rings. The number of anilines is 2. The standard InChI is InChI=1S/C21H23N5S/c1-2-6-17(7-3-1)16-27-21-14-22-13-20(25-21)26-11-9-18(15-26)12-24-19-8-4-5-10-23-19/h1-8,10,13-14,18H,9,11-12,15-16H2,(H,23,24). The molecule has 1 N–H and O–H groups in total. The number of benzene rings is 1. The van der Waals surface area contributed by atoms with E-state index in [2.05, 4.69) is 44.5 Å². The van der Waals surface area contributed by atoms with Crippen molar-refractivity contribution in [2.45, 2.75) is 17.2 Å². The minimum absolute atomic E-state index is 0.592. The summed E-state index contributed by atoms with van der Waals surface area (Å²) in [6, 6.07) is 16.4. The molecule has 5 nitrogen and oxygen atoms in total. The van der Waals surface area contributed by atoms with Crippen LogP contribution in [0.4, 0.5) is 11.6 Å². The minimum Gasteiger partial charge on any atom is -0.370 e. The molecule has 4 rings (SSSR count). The molecule has 1 aliphatic rings. The summed E-state index contributed by atoms with van der Waals surface area (Å²) >= 11 is 1.73. The van der Waals surface area contributed by atoms with Crippen molar-refractivity contribution in [1.29, 1.82) is 0 Å². The first kappa shape index (κ1) is 17.8. The quantitative estimate of drug-likeness (QED) is 0.626. The second-order valence-electron chi connectivity index (χ2n) is 6.69. The van der Waals surface area contributed by atoms with Gasteiger partial charge in [-0.25, -0.2) is 9.97 Å². The number of hydrogen-bond acceptors (Lipinski definition) is 6. The highest BCUT2D eigenvalue weighted by Gasteiger charge is 2.23. The summed E-state index contributed by atoms with van der Waals surface area (Å²) in [7, 11) is 0. The number of nitrogens with zero attached hydrogens (tertiary/aromatic N) is 4. The van der Waals surface area contributed by atoms with Gasteiger partial charge in [-0.15, -0.1) is 11.8 Å². The van der Waals surface area contributed by atoms with Crippen LogP contribution >= 0.6 is 11.8 Å². The van der Waals surface area contributed by atoms with Gasteiger partial charge in [0.2, 0.25) is 0 Å². The van der Waals surface area contributed by atoms with Crippen molar-refractivity contribution < 1.29 is 0 Å². The first-order valence-corrected chi connectivity index (χ1v) is 10.2. The Bertz CT molecular complexity index is 843. The van der Waals surface area contributed by atoms with Gasteiger partial charge in [0.05, 0.1) is 12.4 Å². The Kier molecular flexibility index (Phi) is 5.84. The van der Waals surface area contributed by atoms with Crippen LogP contribution in [0, 0.1) is 5.92 Å². The number of thioether (sulfide) groups is 1. The van der Waals surface area contributed by atoms with E-state index in [0.717, 1.165) is 48.5 Å². The molecule has 0 radical (unpaired) electrons. The van der Waals surface area contributed by atoms with Gasteiger partial charge in [0.25, 0.3) is 0 Å². The van der Waals surface area contributed by atoms with Gasteiger partial charge in [0.15, 0.2) is 0 Å². The molecule has 0 saturated carbocycles. The molecule has 1 saturated heterocycles. The zero-order chi connectivity index (χ0) is 18.3.